The monoisotopic (exact) mass is 311 g/mol. The highest BCUT2D eigenvalue weighted by Crippen LogP contribution is 2.22. The van der Waals surface area contributed by atoms with Gasteiger partial charge in [0.25, 0.3) is 5.91 Å². The Kier molecular flexibility index (Phi) is 3.71. The zero-order chi connectivity index (χ0) is 12.3. The highest BCUT2D eigenvalue weighted by molar-refractivity contribution is 9.10. The molecule has 1 amide bonds. The summed E-state index contributed by atoms with van der Waals surface area (Å²) < 4.78 is 0.624. The van der Waals surface area contributed by atoms with E-state index in [0.29, 0.717) is 15.1 Å². The number of halogens is 2. The highest BCUT2D eigenvalue weighted by atomic mass is 79.9. The van der Waals surface area contributed by atoms with Crippen LogP contribution in [0.15, 0.2) is 41.1 Å². The van der Waals surface area contributed by atoms with Gasteiger partial charge < -0.3 is 0 Å². The molecule has 0 aliphatic carbocycles. The molecule has 0 atom stereocenters. The molecule has 0 radical (unpaired) electrons. The maximum atomic E-state index is 11.9. The Balaban J connectivity index is 2.21. The molecular weight excluding hydrogens is 305 g/mol. The number of amides is 1. The number of hydrogen-bond acceptors (Lipinski definition) is 3. The lowest BCUT2D eigenvalue weighted by Crippen LogP contribution is -2.14. The van der Waals surface area contributed by atoms with Crippen LogP contribution in [0.2, 0.25) is 5.02 Å². The van der Waals surface area contributed by atoms with E-state index in [1.165, 1.54) is 0 Å². The van der Waals surface area contributed by atoms with Gasteiger partial charge in [-0.3, -0.25) is 10.1 Å². The second kappa shape index (κ2) is 5.25. The van der Waals surface area contributed by atoms with Gasteiger partial charge in [0, 0.05) is 21.9 Å². The summed E-state index contributed by atoms with van der Waals surface area (Å²) in [5, 5.41) is 3.14. The first-order valence-electron chi connectivity index (χ1n) is 4.70. The molecule has 1 N–H and O–H groups in total. The number of benzene rings is 1. The van der Waals surface area contributed by atoms with Crippen LogP contribution in [0.25, 0.3) is 0 Å². The minimum absolute atomic E-state index is 0.263. The van der Waals surface area contributed by atoms with Crippen LogP contribution in [0, 0.1) is 0 Å². The van der Waals surface area contributed by atoms with Crippen LogP contribution in [0.4, 0.5) is 5.95 Å². The summed E-state index contributed by atoms with van der Waals surface area (Å²) in [5.74, 6) is -0.0286. The van der Waals surface area contributed by atoms with Gasteiger partial charge in [0.1, 0.15) is 0 Å². The van der Waals surface area contributed by atoms with Gasteiger partial charge in [-0.1, -0.05) is 11.6 Å². The standard InChI is InChI=1S/C11H7BrClN3O/c12-9-6-7(13)2-3-8(9)10(17)16-11-14-4-1-5-15-11/h1-6H,(H,14,15,16,17). The van der Waals surface area contributed by atoms with E-state index in [4.69, 9.17) is 11.6 Å². The lowest BCUT2D eigenvalue weighted by molar-refractivity contribution is 0.102. The average molecular weight is 313 g/mol. The van der Waals surface area contributed by atoms with Crippen LogP contribution in [0.5, 0.6) is 0 Å². The Labute approximate surface area is 111 Å². The molecule has 6 heteroatoms. The lowest BCUT2D eigenvalue weighted by atomic mass is 10.2. The maximum Gasteiger partial charge on any atom is 0.259 e. The summed E-state index contributed by atoms with van der Waals surface area (Å²) in [4.78, 5) is 19.7. The largest absolute Gasteiger partial charge is 0.290 e. The molecule has 4 nitrogen and oxygen atoms in total. The molecule has 1 heterocycles. The van der Waals surface area contributed by atoms with Crippen molar-refractivity contribution in [3.8, 4) is 0 Å². The third-order valence-electron chi connectivity index (χ3n) is 1.97. The van der Waals surface area contributed by atoms with Gasteiger partial charge in [0.05, 0.1) is 5.56 Å². The average Bonchev–Trinajstić information content (AvgIpc) is 2.30. The number of nitrogens with zero attached hydrogens (tertiary/aromatic N) is 2. The molecule has 1 aromatic heterocycles. The number of anilines is 1. The second-order valence-electron chi connectivity index (χ2n) is 3.15. The highest BCUT2D eigenvalue weighted by Gasteiger charge is 2.11. The fourth-order valence-electron chi connectivity index (χ4n) is 1.21. The number of carbonyl (C=O) groups excluding carboxylic acids is 1. The maximum absolute atomic E-state index is 11.9. The number of carbonyl (C=O) groups is 1. The SMILES string of the molecule is O=C(Nc1ncccn1)c1ccc(Cl)cc1Br. The van der Waals surface area contributed by atoms with Crippen LogP contribution in [0.1, 0.15) is 10.4 Å². The first-order chi connectivity index (χ1) is 8.16. The Morgan fingerprint density at radius 1 is 1.29 bits per heavy atom. The summed E-state index contributed by atoms with van der Waals surface area (Å²) in [7, 11) is 0. The molecule has 0 unspecified atom stereocenters. The van der Waals surface area contributed by atoms with Gasteiger partial charge >= 0.3 is 0 Å². The Hall–Kier alpha value is -1.46. The van der Waals surface area contributed by atoms with Gasteiger partial charge in [-0.25, -0.2) is 9.97 Å². The predicted molar refractivity (Wildman–Crippen MR) is 69.1 cm³/mol. The van der Waals surface area contributed by atoms with Crippen molar-refractivity contribution in [3.05, 3.63) is 51.7 Å². The van der Waals surface area contributed by atoms with Crippen LogP contribution in [-0.2, 0) is 0 Å². The lowest BCUT2D eigenvalue weighted by Gasteiger charge is -2.05. The summed E-state index contributed by atoms with van der Waals surface area (Å²) in [6, 6.07) is 6.61. The van der Waals surface area contributed by atoms with Crippen molar-refractivity contribution < 1.29 is 4.79 Å². The first-order valence-corrected chi connectivity index (χ1v) is 5.87. The number of aromatic nitrogens is 2. The summed E-state index contributed by atoms with van der Waals surface area (Å²) in [6.07, 6.45) is 3.11. The van der Waals surface area contributed by atoms with Crippen LogP contribution < -0.4 is 5.32 Å². The van der Waals surface area contributed by atoms with Gasteiger partial charge in [-0.2, -0.15) is 0 Å². The Morgan fingerprint density at radius 2 is 2.00 bits per heavy atom. The summed E-state index contributed by atoms with van der Waals surface area (Å²) >= 11 is 9.07. The molecule has 86 valence electrons. The first kappa shape index (κ1) is 12.0. The van der Waals surface area contributed by atoms with Crippen molar-refractivity contribution in [2.45, 2.75) is 0 Å². The minimum atomic E-state index is -0.292. The molecule has 0 saturated carbocycles. The van der Waals surface area contributed by atoms with Crippen molar-refractivity contribution in [2.75, 3.05) is 5.32 Å². The van der Waals surface area contributed by atoms with E-state index in [2.05, 4.69) is 31.2 Å². The third-order valence-corrected chi connectivity index (χ3v) is 2.86. The molecule has 1 aromatic carbocycles. The molecule has 0 spiro atoms. The normalized spacial score (nSPS) is 10.0. The fourth-order valence-corrected chi connectivity index (χ4v) is 2.07. The molecular formula is C11H7BrClN3O. The third kappa shape index (κ3) is 3.01. The topological polar surface area (TPSA) is 54.9 Å². The second-order valence-corrected chi connectivity index (χ2v) is 4.44. The molecule has 0 aliphatic rings. The van der Waals surface area contributed by atoms with Gasteiger partial charge in [0.2, 0.25) is 5.95 Å². The van der Waals surface area contributed by atoms with E-state index in [-0.39, 0.29) is 11.9 Å². The fraction of sp³-hybridized carbons (Fsp3) is 0. The van der Waals surface area contributed by atoms with Crippen molar-refractivity contribution in [3.63, 3.8) is 0 Å². The smallest absolute Gasteiger partial charge is 0.259 e. The van der Waals surface area contributed by atoms with Crippen molar-refractivity contribution in [2.24, 2.45) is 0 Å². The molecule has 2 rings (SSSR count). The Morgan fingerprint density at radius 3 is 2.65 bits per heavy atom. The molecule has 2 aromatic rings. The molecule has 17 heavy (non-hydrogen) atoms. The van der Waals surface area contributed by atoms with Gasteiger partial charge in [-0.05, 0) is 40.2 Å². The minimum Gasteiger partial charge on any atom is -0.290 e. The van der Waals surface area contributed by atoms with Gasteiger partial charge in [0.15, 0.2) is 0 Å². The van der Waals surface area contributed by atoms with Gasteiger partial charge in [-0.15, -0.1) is 0 Å². The Bertz CT molecular complexity index is 548. The molecule has 0 bridgehead atoms. The van der Waals surface area contributed by atoms with Crippen LogP contribution >= 0.6 is 27.5 Å². The molecule has 0 fully saturated rings. The van der Waals surface area contributed by atoms with Crippen molar-refractivity contribution in [1.82, 2.24) is 9.97 Å². The van der Waals surface area contributed by atoms with E-state index in [0.717, 1.165) is 0 Å². The van der Waals surface area contributed by atoms with E-state index < -0.39 is 0 Å². The zero-order valence-electron chi connectivity index (χ0n) is 8.52. The molecule has 0 aliphatic heterocycles. The number of hydrogen-bond donors (Lipinski definition) is 1. The molecule has 0 saturated heterocycles. The summed E-state index contributed by atoms with van der Waals surface area (Å²) in [6.45, 7) is 0. The van der Waals surface area contributed by atoms with E-state index in [1.807, 2.05) is 0 Å². The summed E-state index contributed by atoms with van der Waals surface area (Å²) in [5.41, 5.74) is 0.474. The van der Waals surface area contributed by atoms with E-state index in [9.17, 15) is 4.79 Å². The predicted octanol–water partition coefficient (Wildman–Crippen LogP) is 3.14. The van der Waals surface area contributed by atoms with Crippen molar-refractivity contribution >= 4 is 39.4 Å². The van der Waals surface area contributed by atoms with Crippen LogP contribution in [-0.4, -0.2) is 15.9 Å². The van der Waals surface area contributed by atoms with E-state index >= 15 is 0 Å². The number of rotatable bonds is 2. The van der Waals surface area contributed by atoms with E-state index in [1.54, 1.807) is 36.7 Å². The van der Waals surface area contributed by atoms with Crippen LogP contribution in [0.3, 0.4) is 0 Å². The number of nitrogens with one attached hydrogen (secondary N) is 1. The quantitative estimate of drug-likeness (QED) is 0.927. The van der Waals surface area contributed by atoms with Crippen molar-refractivity contribution in [1.29, 1.82) is 0 Å². The zero-order valence-corrected chi connectivity index (χ0v) is 10.9.